The lowest BCUT2D eigenvalue weighted by molar-refractivity contribution is 0.0697. The number of hydrogen-bond donors (Lipinski definition) is 2. The largest absolute Gasteiger partial charge is 0.478 e. The minimum atomic E-state index is -0.947. The van der Waals surface area contributed by atoms with E-state index >= 15 is 0 Å². The molecule has 0 radical (unpaired) electrons. The van der Waals surface area contributed by atoms with Crippen molar-refractivity contribution in [2.45, 2.75) is 26.3 Å². The van der Waals surface area contributed by atoms with Gasteiger partial charge in [0.15, 0.2) is 0 Å². The summed E-state index contributed by atoms with van der Waals surface area (Å²) >= 11 is 0. The first-order valence-electron chi connectivity index (χ1n) is 6.39. The fourth-order valence-corrected chi connectivity index (χ4v) is 1.91. The first-order valence-corrected chi connectivity index (χ1v) is 6.39. The predicted octanol–water partition coefficient (Wildman–Crippen LogP) is 2.22. The lowest BCUT2D eigenvalue weighted by Crippen LogP contribution is -2.36. The number of nitrogen functional groups attached to an aromatic ring is 1. The molecule has 0 amide bonds. The Labute approximate surface area is 114 Å². The number of carbonyl (C=O) groups is 1. The maximum atomic E-state index is 11.1. The fraction of sp³-hybridized carbons (Fsp3) is 0.500. The van der Waals surface area contributed by atoms with Crippen LogP contribution in [0.4, 0.5) is 11.4 Å². The minimum Gasteiger partial charge on any atom is -0.478 e. The van der Waals surface area contributed by atoms with E-state index in [4.69, 9.17) is 15.6 Å². The molecule has 3 N–H and O–H groups in total. The summed E-state index contributed by atoms with van der Waals surface area (Å²) < 4.78 is 5.11. The van der Waals surface area contributed by atoms with Gasteiger partial charge in [0.1, 0.15) is 0 Å². The number of ether oxygens (including phenoxy) is 1. The molecule has 106 valence electrons. The Kier molecular flexibility index (Phi) is 5.63. The molecule has 0 spiro atoms. The summed E-state index contributed by atoms with van der Waals surface area (Å²) in [7, 11) is 1.64. The molecule has 5 heteroatoms. The van der Waals surface area contributed by atoms with Crippen LogP contribution in [0.2, 0.25) is 0 Å². The van der Waals surface area contributed by atoms with E-state index in [0.717, 1.165) is 12.1 Å². The van der Waals surface area contributed by atoms with Crippen molar-refractivity contribution >= 4 is 17.3 Å². The summed E-state index contributed by atoms with van der Waals surface area (Å²) in [6.07, 6.45) is 0.945. The Balaban J connectivity index is 3.12. The SMILES string of the molecule is CCC(C)N(CCOC)c1cc(C(=O)O)ccc1N. The van der Waals surface area contributed by atoms with Gasteiger partial charge in [-0.3, -0.25) is 0 Å². The molecule has 19 heavy (non-hydrogen) atoms. The van der Waals surface area contributed by atoms with Crippen LogP contribution in [0.25, 0.3) is 0 Å². The number of hydrogen-bond acceptors (Lipinski definition) is 4. The second kappa shape index (κ2) is 6.99. The van der Waals surface area contributed by atoms with Gasteiger partial charge in [0, 0.05) is 19.7 Å². The first-order chi connectivity index (χ1) is 9.01. The van der Waals surface area contributed by atoms with Crippen LogP contribution >= 0.6 is 0 Å². The molecular formula is C14H22N2O3. The monoisotopic (exact) mass is 266 g/mol. The molecule has 1 unspecified atom stereocenters. The molecule has 0 aliphatic heterocycles. The van der Waals surface area contributed by atoms with E-state index in [2.05, 4.69) is 18.7 Å². The van der Waals surface area contributed by atoms with Gasteiger partial charge >= 0.3 is 5.97 Å². The van der Waals surface area contributed by atoms with Crippen LogP contribution in [-0.2, 0) is 4.74 Å². The van der Waals surface area contributed by atoms with Gasteiger partial charge in [0.05, 0.1) is 23.5 Å². The van der Waals surface area contributed by atoms with Crippen molar-refractivity contribution in [1.82, 2.24) is 0 Å². The summed E-state index contributed by atoms with van der Waals surface area (Å²) in [5.41, 5.74) is 7.57. The molecule has 5 nitrogen and oxygen atoms in total. The Morgan fingerprint density at radius 2 is 2.21 bits per heavy atom. The molecule has 0 saturated carbocycles. The second-order valence-corrected chi connectivity index (χ2v) is 4.52. The molecule has 0 saturated heterocycles. The van der Waals surface area contributed by atoms with Crippen molar-refractivity contribution in [1.29, 1.82) is 0 Å². The molecule has 1 atom stereocenters. The van der Waals surface area contributed by atoms with Gasteiger partial charge in [-0.15, -0.1) is 0 Å². The van der Waals surface area contributed by atoms with Crippen LogP contribution in [-0.4, -0.2) is 37.4 Å². The average Bonchev–Trinajstić information content (AvgIpc) is 2.40. The van der Waals surface area contributed by atoms with Gasteiger partial charge < -0.3 is 20.5 Å². The molecule has 0 aliphatic rings. The van der Waals surface area contributed by atoms with Crippen molar-refractivity contribution in [3.63, 3.8) is 0 Å². The maximum Gasteiger partial charge on any atom is 0.335 e. The predicted molar refractivity (Wildman–Crippen MR) is 76.8 cm³/mol. The van der Waals surface area contributed by atoms with E-state index in [1.165, 1.54) is 6.07 Å². The zero-order chi connectivity index (χ0) is 14.4. The van der Waals surface area contributed by atoms with Crippen LogP contribution in [0.1, 0.15) is 30.6 Å². The number of benzene rings is 1. The molecule has 1 aromatic rings. The highest BCUT2D eigenvalue weighted by atomic mass is 16.5. The Hall–Kier alpha value is -1.75. The molecular weight excluding hydrogens is 244 g/mol. The molecule has 0 bridgehead atoms. The summed E-state index contributed by atoms with van der Waals surface area (Å²) in [6.45, 7) is 5.42. The summed E-state index contributed by atoms with van der Waals surface area (Å²) in [5.74, 6) is -0.947. The number of methoxy groups -OCH3 is 1. The highest BCUT2D eigenvalue weighted by molar-refractivity contribution is 5.90. The quantitative estimate of drug-likeness (QED) is 0.740. The van der Waals surface area contributed by atoms with E-state index in [0.29, 0.717) is 18.8 Å². The van der Waals surface area contributed by atoms with Crippen LogP contribution in [0.3, 0.4) is 0 Å². The Morgan fingerprint density at radius 3 is 2.74 bits per heavy atom. The normalized spacial score (nSPS) is 12.2. The highest BCUT2D eigenvalue weighted by Crippen LogP contribution is 2.27. The second-order valence-electron chi connectivity index (χ2n) is 4.52. The molecule has 0 aromatic heterocycles. The number of carboxylic acids is 1. The lowest BCUT2D eigenvalue weighted by atomic mass is 10.1. The molecule has 1 aromatic carbocycles. The van der Waals surface area contributed by atoms with E-state index in [9.17, 15) is 4.79 Å². The summed E-state index contributed by atoms with van der Waals surface area (Å²) in [4.78, 5) is 13.1. The minimum absolute atomic E-state index is 0.245. The van der Waals surface area contributed by atoms with Gasteiger partial charge in [-0.25, -0.2) is 4.79 Å². The van der Waals surface area contributed by atoms with Crippen molar-refractivity contribution in [3.05, 3.63) is 23.8 Å². The zero-order valence-electron chi connectivity index (χ0n) is 11.7. The van der Waals surface area contributed by atoms with Crippen molar-refractivity contribution < 1.29 is 14.6 Å². The zero-order valence-corrected chi connectivity index (χ0v) is 11.7. The van der Waals surface area contributed by atoms with Gasteiger partial charge in [0.2, 0.25) is 0 Å². The highest BCUT2D eigenvalue weighted by Gasteiger charge is 2.17. The average molecular weight is 266 g/mol. The van der Waals surface area contributed by atoms with Crippen LogP contribution in [0.15, 0.2) is 18.2 Å². The van der Waals surface area contributed by atoms with E-state index in [1.54, 1.807) is 19.2 Å². The summed E-state index contributed by atoms with van der Waals surface area (Å²) in [6, 6.07) is 5.05. The number of carboxylic acid groups (broad SMARTS) is 1. The fourth-order valence-electron chi connectivity index (χ4n) is 1.91. The molecule has 0 fully saturated rings. The Bertz CT molecular complexity index is 435. The number of rotatable bonds is 7. The van der Waals surface area contributed by atoms with Gasteiger partial charge in [0.25, 0.3) is 0 Å². The van der Waals surface area contributed by atoms with E-state index in [-0.39, 0.29) is 11.6 Å². The van der Waals surface area contributed by atoms with E-state index in [1.807, 2.05) is 0 Å². The van der Waals surface area contributed by atoms with Gasteiger partial charge in [-0.2, -0.15) is 0 Å². The number of nitrogens with two attached hydrogens (primary N) is 1. The van der Waals surface area contributed by atoms with Crippen molar-refractivity contribution in [2.75, 3.05) is 30.9 Å². The smallest absolute Gasteiger partial charge is 0.335 e. The van der Waals surface area contributed by atoms with Crippen molar-refractivity contribution in [3.8, 4) is 0 Å². The molecule has 0 heterocycles. The Morgan fingerprint density at radius 1 is 1.53 bits per heavy atom. The standard InChI is InChI=1S/C14H22N2O3/c1-4-10(2)16(7-8-19-3)13-9-11(14(17)18)5-6-12(13)15/h5-6,9-10H,4,7-8,15H2,1-3H3,(H,17,18). The third-order valence-corrected chi connectivity index (χ3v) is 3.25. The van der Waals surface area contributed by atoms with Gasteiger partial charge in [-0.1, -0.05) is 6.92 Å². The maximum absolute atomic E-state index is 11.1. The van der Waals surface area contributed by atoms with Crippen molar-refractivity contribution in [2.24, 2.45) is 0 Å². The first kappa shape index (κ1) is 15.3. The number of anilines is 2. The third-order valence-electron chi connectivity index (χ3n) is 3.25. The van der Waals surface area contributed by atoms with Gasteiger partial charge in [-0.05, 0) is 31.5 Å². The van der Waals surface area contributed by atoms with Crippen LogP contribution < -0.4 is 10.6 Å². The summed E-state index contributed by atoms with van der Waals surface area (Å²) in [5, 5.41) is 9.07. The molecule has 1 rings (SSSR count). The lowest BCUT2D eigenvalue weighted by Gasteiger charge is -2.31. The number of nitrogens with zero attached hydrogens (tertiary/aromatic N) is 1. The number of aromatic carboxylic acids is 1. The van der Waals surface area contributed by atoms with Crippen LogP contribution in [0, 0.1) is 0 Å². The third kappa shape index (κ3) is 3.86. The van der Waals surface area contributed by atoms with E-state index < -0.39 is 5.97 Å². The topological polar surface area (TPSA) is 75.8 Å². The molecule has 0 aliphatic carbocycles. The van der Waals surface area contributed by atoms with Crippen LogP contribution in [0.5, 0.6) is 0 Å².